The minimum Gasteiger partial charge on any atom is -0.368 e. The van der Waals surface area contributed by atoms with Gasteiger partial charge in [-0.25, -0.2) is 18.1 Å². The standard InChI is InChI=1S/C30H34Cl2N6O2S2/c31-27-18-26(28(32)41-27)42(39,40)34-20-22-12-10-21(11-13-22)19-33-30-35-25-9-5-4-8-24(25)29(36-30)38-16-14-37(15-17-38)23-6-2-1-3-7-23/h1-9,18,21-22,34H,10-17,19-20H2,(H,33,35,36)/t21-,22-. The fourth-order valence-electron chi connectivity index (χ4n) is 5.88. The smallest absolute Gasteiger partial charge is 0.242 e. The molecule has 0 atom stereocenters. The van der Waals surface area contributed by atoms with Crippen LogP contribution in [0.1, 0.15) is 25.7 Å². The lowest BCUT2D eigenvalue weighted by Crippen LogP contribution is -2.47. The van der Waals surface area contributed by atoms with Crippen LogP contribution in [0.25, 0.3) is 10.9 Å². The average molecular weight is 646 g/mol. The Morgan fingerprint density at radius 1 is 0.833 bits per heavy atom. The highest BCUT2D eigenvalue weighted by Crippen LogP contribution is 2.35. The number of sulfonamides is 1. The van der Waals surface area contributed by atoms with E-state index in [0.717, 1.165) is 86.5 Å². The molecule has 0 unspecified atom stereocenters. The van der Waals surface area contributed by atoms with Crippen molar-refractivity contribution >= 4 is 72.9 Å². The van der Waals surface area contributed by atoms with Crippen molar-refractivity contribution in [1.29, 1.82) is 0 Å². The first kappa shape index (κ1) is 29.4. The van der Waals surface area contributed by atoms with Crippen LogP contribution in [0.3, 0.4) is 0 Å². The number of aromatic nitrogens is 2. The quantitative estimate of drug-likeness (QED) is 0.214. The summed E-state index contributed by atoms with van der Waals surface area (Å²) in [5.74, 6) is 2.42. The van der Waals surface area contributed by atoms with Crippen molar-refractivity contribution in [2.24, 2.45) is 11.8 Å². The van der Waals surface area contributed by atoms with Crippen LogP contribution in [0.15, 0.2) is 65.6 Å². The fourth-order valence-corrected chi connectivity index (χ4v) is 9.15. The lowest BCUT2D eigenvalue weighted by molar-refractivity contribution is 0.284. The van der Waals surface area contributed by atoms with E-state index in [2.05, 4.69) is 62.3 Å². The number of para-hydroxylation sites is 2. The zero-order chi connectivity index (χ0) is 29.1. The third-order valence-electron chi connectivity index (χ3n) is 8.28. The third kappa shape index (κ3) is 6.78. The number of anilines is 3. The Hall–Kier alpha value is -2.63. The largest absolute Gasteiger partial charge is 0.368 e. The summed E-state index contributed by atoms with van der Waals surface area (Å²) in [6.45, 7) is 4.88. The minimum absolute atomic E-state index is 0.0601. The second-order valence-electron chi connectivity index (χ2n) is 11.0. The van der Waals surface area contributed by atoms with Crippen LogP contribution in [-0.4, -0.2) is 57.7 Å². The van der Waals surface area contributed by atoms with Gasteiger partial charge in [-0.2, -0.15) is 4.98 Å². The van der Waals surface area contributed by atoms with E-state index in [1.54, 1.807) is 0 Å². The summed E-state index contributed by atoms with van der Waals surface area (Å²) in [5.41, 5.74) is 2.20. The van der Waals surface area contributed by atoms with E-state index in [-0.39, 0.29) is 9.23 Å². The zero-order valence-corrected chi connectivity index (χ0v) is 26.3. The van der Waals surface area contributed by atoms with Gasteiger partial charge in [0.05, 0.1) is 9.85 Å². The molecule has 42 heavy (non-hydrogen) atoms. The summed E-state index contributed by atoms with van der Waals surface area (Å²) in [5, 5.41) is 4.60. The lowest BCUT2D eigenvalue weighted by atomic mass is 9.82. The molecule has 0 amide bonds. The maximum atomic E-state index is 12.7. The van der Waals surface area contributed by atoms with Gasteiger partial charge in [0, 0.05) is 50.3 Å². The maximum absolute atomic E-state index is 12.7. The maximum Gasteiger partial charge on any atom is 0.242 e. The Kier molecular flexibility index (Phi) is 9.07. The molecule has 8 nitrogen and oxygen atoms in total. The van der Waals surface area contributed by atoms with E-state index in [1.165, 1.54) is 11.8 Å². The van der Waals surface area contributed by atoms with Gasteiger partial charge in [0.2, 0.25) is 16.0 Å². The number of halogens is 2. The van der Waals surface area contributed by atoms with E-state index in [1.807, 2.05) is 12.1 Å². The number of rotatable bonds is 9. The Morgan fingerprint density at radius 3 is 2.17 bits per heavy atom. The number of benzene rings is 2. The van der Waals surface area contributed by atoms with E-state index < -0.39 is 10.0 Å². The topological polar surface area (TPSA) is 90.5 Å². The first-order valence-electron chi connectivity index (χ1n) is 14.4. The van der Waals surface area contributed by atoms with Gasteiger partial charge in [0.15, 0.2) is 0 Å². The van der Waals surface area contributed by atoms with Gasteiger partial charge >= 0.3 is 0 Å². The molecule has 1 saturated carbocycles. The molecular formula is C30H34Cl2N6O2S2. The first-order valence-corrected chi connectivity index (χ1v) is 17.4. The molecule has 0 spiro atoms. The SMILES string of the molecule is O=S(=O)(NC[C@H]1CC[C@H](CNc2nc(N3CCN(c4ccccc4)CC3)c3ccccc3n2)CC1)c1cc(Cl)sc1Cl. The second-order valence-corrected chi connectivity index (χ2v) is 15.0. The molecule has 6 rings (SSSR count). The van der Waals surface area contributed by atoms with Crippen molar-refractivity contribution < 1.29 is 8.42 Å². The Balaban J connectivity index is 1.04. The molecule has 4 aromatic rings. The van der Waals surface area contributed by atoms with Crippen LogP contribution in [0.2, 0.25) is 8.67 Å². The molecule has 2 fully saturated rings. The molecule has 0 radical (unpaired) electrons. The molecule has 2 aliphatic rings. The normalized spacial score (nSPS) is 19.8. The van der Waals surface area contributed by atoms with Gasteiger partial charge in [0.25, 0.3) is 0 Å². The number of hydrogen-bond acceptors (Lipinski definition) is 8. The van der Waals surface area contributed by atoms with Crippen molar-refractivity contribution in [1.82, 2.24) is 14.7 Å². The van der Waals surface area contributed by atoms with Gasteiger partial charge in [-0.1, -0.05) is 53.5 Å². The van der Waals surface area contributed by atoms with Crippen LogP contribution in [0.5, 0.6) is 0 Å². The summed E-state index contributed by atoms with van der Waals surface area (Å²) in [4.78, 5) is 14.7. The zero-order valence-electron chi connectivity index (χ0n) is 23.2. The van der Waals surface area contributed by atoms with E-state index >= 15 is 0 Å². The monoisotopic (exact) mass is 644 g/mol. The molecule has 3 heterocycles. The number of nitrogens with zero attached hydrogens (tertiary/aromatic N) is 4. The number of nitrogens with one attached hydrogen (secondary N) is 2. The highest BCUT2D eigenvalue weighted by Gasteiger charge is 2.26. The number of hydrogen-bond donors (Lipinski definition) is 2. The highest BCUT2D eigenvalue weighted by atomic mass is 35.5. The van der Waals surface area contributed by atoms with E-state index in [9.17, 15) is 8.42 Å². The van der Waals surface area contributed by atoms with Gasteiger partial charge in [0.1, 0.15) is 15.0 Å². The van der Waals surface area contributed by atoms with Crippen molar-refractivity contribution in [2.45, 2.75) is 30.6 Å². The molecular weight excluding hydrogens is 611 g/mol. The van der Waals surface area contributed by atoms with Crippen LogP contribution in [0, 0.1) is 11.8 Å². The van der Waals surface area contributed by atoms with Crippen molar-refractivity contribution in [3.8, 4) is 0 Å². The van der Waals surface area contributed by atoms with E-state index in [4.69, 9.17) is 33.2 Å². The second kappa shape index (κ2) is 12.9. The van der Waals surface area contributed by atoms with Gasteiger partial charge < -0.3 is 15.1 Å². The number of thiophene rings is 1. The van der Waals surface area contributed by atoms with Gasteiger partial charge in [-0.05, 0) is 67.9 Å². The highest BCUT2D eigenvalue weighted by molar-refractivity contribution is 7.89. The average Bonchev–Trinajstić information content (AvgIpc) is 3.38. The van der Waals surface area contributed by atoms with Crippen LogP contribution in [0.4, 0.5) is 17.5 Å². The Morgan fingerprint density at radius 2 is 1.48 bits per heavy atom. The van der Waals surface area contributed by atoms with Crippen molar-refractivity contribution in [2.75, 3.05) is 54.4 Å². The van der Waals surface area contributed by atoms with Crippen molar-refractivity contribution in [3.63, 3.8) is 0 Å². The van der Waals surface area contributed by atoms with Crippen LogP contribution >= 0.6 is 34.5 Å². The van der Waals surface area contributed by atoms with Crippen LogP contribution < -0.4 is 19.8 Å². The molecule has 0 bridgehead atoms. The molecule has 2 N–H and O–H groups in total. The summed E-state index contributed by atoms with van der Waals surface area (Å²) in [7, 11) is -3.67. The molecule has 2 aromatic carbocycles. The first-order chi connectivity index (χ1) is 20.4. The predicted molar refractivity (Wildman–Crippen MR) is 174 cm³/mol. The fraction of sp³-hybridized carbons (Fsp3) is 0.400. The lowest BCUT2D eigenvalue weighted by Gasteiger charge is -2.37. The number of fused-ring (bicyclic) bond motifs is 1. The van der Waals surface area contributed by atoms with Crippen molar-refractivity contribution in [3.05, 3.63) is 69.3 Å². The molecule has 1 saturated heterocycles. The minimum atomic E-state index is -3.67. The van der Waals surface area contributed by atoms with Gasteiger partial charge in [-0.15, -0.1) is 11.3 Å². The van der Waals surface area contributed by atoms with E-state index in [0.29, 0.717) is 28.7 Å². The predicted octanol–water partition coefficient (Wildman–Crippen LogP) is 6.52. The summed E-state index contributed by atoms with van der Waals surface area (Å²) in [6.07, 6.45) is 3.96. The summed E-state index contributed by atoms with van der Waals surface area (Å²) < 4.78 is 28.6. The number of piperazine rings is 1. The third-order valence-corrected chi connectivity index (χ3v) is 11.5. The van der Waals surface area contributed by atoms with Gasteiger partial charge in [-0.3, -0.25) is 0 Å². The van der Waals surface area contributed by atoms with Crippen LogP contribution in [-0.2, 0) is 10.0 Å². The Labute approximate surface area is 261 Å². The Bertz CT molecular complexity index is 1620. The summed E-state index contributed by atoms with van der Waals surface area (Å²) in [6, 6.07) is 20.2. The molecule has 1 aliphatic heterocycles. The molecule has 2 aromatic heterocycles. The summed E-state index contributed by atoms with van der Waals surface area (Å²) >= 11 is 13.1. The molecule has 222 valence electrons. The molecule has 1 aliphatic carbocycles. The molecule has 12 heteroatoms.